The number of ether oxygens (including phenoxy) is 2. The predicted octanol–water partition coefficient (Wildman–Crippen LogP) is 4.52. The van der Waals surface area contributed by atoms with Crippen LogP contribution in [0.25, 0.3) is 6.08 Å². The Morgan fingerprint density at radius 3 is 2.36 bits per heavy atom. The third-order valence-corrected chi connectivity index (χ3v) is 6.64. The van der Waals surface area contributed by atoms with Gasteiger partial charge in [0.15, 0.2) is 4.32 Å². The monoisotopic (exact) mass is 496 g/mol. The summed E-state index contributed by atoms with van der Waals surface area (Å²) in [5.74, 6) is -0.292. The third kappa shape index (κ3) is 5.30. The first kappa shape index (κ1) is 22.7. The van der Waals surface area contributed by atoms with Crippen molar-refractivity contribution in [1.82, 2.24) is 10.4 Å². The molecule has 0 bridgehead atoms. The summed E-state index contributed by atoms with van der Waals surface area (Å²) in [6.07, 6.45) is 1.66. The molecule has 0 saturated carbocycles. The second kappa shape index (κ2) is 9.99. The molecule has 1 aliphatic rings. The average molecular weight is 497 g/mol. The molecule has 0 aliphatic carbocycles. The number of nitrogens with zero attached hydrogens (tertiary/aromatic N) is 1. The fraction of sp³-hybridized carbons (Fsp3) is 0.0435. The van der Waals surface area contributed by atoms with E-state index < -0.39 is 17.8 Å². The van der Waals surface area contributed by atoms with Gasteiger partial charge in [-0.05, 0) is 71.7 Å². The van der Waals surface area contributed by atoms with Crippen LogP contribution in [0.15, 0.2) is 70.9 Å². The molecule has 1 saturated heterocycles. The van der Waals surface area contributed by atoms with Crippen molar-refractivity contribution in [2.75, 3.05) is 7.11 Å². The lowest BCUT2D eigenvalue weighted by Gasteiger charge is -2.14. The molecule has 33 heavy (non-hydrogen) atoms. The molecule has 2 heterocycles. The summed E-state index contributed by atoms with van der Waals surface area (Å²) in [6, 6.07) is 16.7. The van der Waals surface area contributed by atoms with Crippen molar-refractivity contribution < 1.29 is 23.9 Å². The molecule has 0 unspecified atom stereocenters. The molecule has 10 heteroatoms. The Morgan fingerprint density at radius 2 is 1.73 bits per heavy atom. The Hall–Kier alpha value is -3.47. The first-order chi connectivity index (χ1) is 15.9. The first-order valence-electron chi connectivity index (χ1n) is 9.53. The SMILES string of the molecule is COc1ccc(C(=O)Oc2ccc(/C=C3/SC(=S)N(NC(=O)c4cccs4)C3=O)cc2)cc1. The maximum atomic E-state index is 12.7. The number of methoxy groups -OCH3 is 1. The average Bonchev–Trinajstić information content (AvgIpc) is 3.45. The molecule has 0 radical (unpaired) electrons. The number of carbonyl (C=O) groups is 3. The minimum atomic E-state index is -0.493. The summed E-state index contributed by atoms with van der Waals surface area (Å²) in [7, 11) is 1.55. The van der Waals surface area contributed by atoms with Gasteiger partial charge in [0.2, 0.25) is 0 Å². The second-order valence-electron chi connectivity index (χ2n) is 6.62. The van der Waals surface area contributed by atoms with Gasteiger partial charge in [-0.25, -0.2) is 4.79 Å². The number of amides is 2. The van der Waals surface area contributed by atoms with Gasteiger partial charge in [-0.2, -0.15) is 5.01 Å². The zero-order chi connectivity index (χ0) is 23.4. The van der Waals surface area contributed by atoms with Gasteiger partial charge in [-0.15, -0.1) is 11.3 Å². The van der Waals surface area contributed by atoms with Gasteiger partial charge in [0.1, 0.15) is 11.5 Å². The van der Waals surface area contributed by atoms with Crippen LogP contribution in [-0.4, -0.2) is 34.2 Å². The lowest BCUT2D eigenvalue weighted by molar-refractivity contribution is -0.123. The lowest BCUT2D eigenvalue weighted by Crippen LogP contribution is -2.44. The summed E-state index contributed by atoms with van der Waals surface area (Å²) in [5.41, 5.74) is 3.65. The standard InChI is InChI=1S/C23H16N2O5S3/c1-29-16-10-6-15(7-11-16)22(28)30-17-8-4-14(5-9-17)13-19-21(27)25(23(31)33-19)24-20(26)18-3-2-12-32-18/h2-13H,1H3,(H,24,26)/b19-13+. The van der Waals surface area contributed by atoms with E-state index in [2.05, 4.69) is 5.43 Å². The summed E-state index contributed by atoms with van der Waals surface area (Å²) >= 11 is 7.60. The number of thioether (sulfide) groups is 1. The Bertz CT molecular complexity index is 1240. The van der Waals surface area contributed by atoms with Crippen LogP contribution >= 0.6 is 35.3 Å². The smallest absolute Gasteiger partial charge is 0.343 e. The number of carbonyl (C=O) groups excluding carboxylic acids is 3. The molecule has 4 rings (SSSR count). The number of hydrogen-bond donors (Lipinski definition) is 1. The van der Waals surface area contributed by atoms with Gasteiger partial charge in [0, 0.05) is 0 Å². The van der Waals surface area contributed by atoms with E-state index in [1.165, 1.54) is 11.3 Å². The van der Waals surface area contributed by atoms with Crippen LogP contribution in [0.5, 0.6) is 11.5 Å². The molecule has 0 atom stereocenters. The number of benzene rings is 2. The zero-order valence-electron chi connectivity index (χ0n) is 17.1. The lowest BCUT2D eigenvalue weighted by atomic mass is 10.2. The van der Waals surface area contributed by atoms with E-state index in [4.69, 9.17) is 21.7 Å². The number of hydrazine groups is 1. The van der Waals surface area contributed by atoms with E-state index in [0.717, 1.165) is 16.8 Å². The Kier molecular flexibility index (Phi) is 6.87. The highest BCUT2D eigenvalue weighted by atomic mass is 32.2. The zero-order valence-corrected chi connectivity index (χ0v) is 19.6. The number of thiocarbonyl (C=S) groups is 1. The number of thiophene rings is 1. The van der Waals surface area contributed by atoms with Crippen molar-refractivity contribution in [2.45, 2.75) is 0 Å². The van der Waals surface area contributed by atoms with Gasteiger partial charge >= 0.3 is 5.97 Å². The molecule has 0 spiro atoms. The van der Waals surface area contributed by atoms with E-state index >= 15 is 0 Å². The van der Waals surface area contributed by atoms with Gasteiger partial charge < -0.3 is 9.47 Å². The molecule has 1 fully saturated rings. The maximum absolute atomic E-state index is 12.7. The molecule has 2 aromatic carbocycles. The van der Waals surface area contributed by atoms with E-state index in [1.54, 1.807) is 79.2 Å². The topological polar surface area (TPSA) is 84.9 Å². The summed E-state index contributed by atoms with van der Waals surface area (Å²) in [6.45, 7) is 0. The van der Waals surface area contributed by atoms with Crippen molar-refractivity contribution in [3.63, 3.8) is 0 Å². The fourth-order valence-corrected chi connectivity index (χ4v) is 4.60. The van der Waals surface area contributed by atoms with Crippen LogP contribution < -0.4 is 14.9 Å². The van der Waals surface area contributed by atoms with Crippen molar-refractivity contribution >= 4 is 63.5 Å². The van der Waals surface area contributed by atoms with Gasteiger partial charge in [0.05, 0.1) is 22.5 Å². The second-order valence-corrected chi connectivity index (χ2v) is 9.25. The van der Waals surface area contributed by atoms with Gasteiger partial charge in [0.25, 0.3) is 11.8 Å². The maximum Gasteiger partial charge on any atom is 0.343 e. The highest BCUT2D eigenvalue weighted by Crippen LogP contribution is 2.32. The van der Waals surface area contributed by atoms with Crippen LogP contribution in [0.2, 0.25) is 0 Å². The molecule has 1 aromatic heterocycles. The molecule has 1 N–H and O–H groups in total. The number of rotatable bonds is 6. The third-order valence-electron chi connectivity index (χ3n) is 4.47. The summed E-state index contributed by atoms with van der Waals surface area (Å²) < 4.78 is 10.7. The molecule has 7 nitrogen and oxygen atoms in total. The van der Waals surface area contributed by atoms with Crippen molar-refractivity contribution in [3.05, 3.63) is 87.0 Å². The van der Waals surface area contributed by atoms with Crippen LogP contribution in [0.1, 0.15) is 25.6 Å². The van der Waals surface area contributed by atoms with E-state index in [1.807, 2.05) is 0 Å². The summed E-state index contributed by atoms with van der Waals surface area (Å²) in [4.78, 5) is 38.1. The van der Waals surface area contributed by atoms with Crippen molar-refractivity contribution in [3.8, 4) is 11.5 Å². The van der Waals surface area contributed by atoms with Crippen LogP contribution in [0.4, 0.5) is 0 Å². The highest BCUT2D eigenvalue weighted by molar-refractivity contribution is 8.26. The molecule has 2 amide bonds. The number of hydrogen-bond acceptors (Lipinski definition) is 8. The Balaban J connectivity index is 1.40. The molecule has 3 aromatic rings. The van der Waals surface area contributed by atoms with Crippen LogP contribution in [0, 0.1) is 0 Å². The van der Waals surface area contributed by atoms with Crippen molar-refractivity contribution in [1.29, 1.82) is 0 Å². The fourth-order valence-electron chi connectivity index (χ4n) is 2.81. The molecular weight excluding hydrogens is 480 g/mol. The summed E-state index contributed by atoms with van der Waals surface area (Å²) in [5, 5.41) is 2.84. The largest absolute Gasteiger partial charge is 0.497 e. The highest BCUT2D eigenvalue weighted by Gasteiger charge is 2.33. The van der Waals surface area contributed by atoms with Gasteiger partial charge in [-0.1, -0.05) is 30.0 Å². The van der Waals surface area contributed by atoms with Crippen molar-refractivity contribution in [2.24, 2.45) is 0 Å². The number of nitrogens with one attached hydrogen (secondary N) is 1. The van der Waals surface area contributed by atoms with Crippen LogP contribution in [0.3, 0.4) is 0 Å². The van der Waals surface area contributed by atoms with Crippen LogP contribution in [-0.2, 0) is 4.79 Å². The van der Waals surface area contributed by atoms with E-state index in [9.17, 15) is 14.4 Å². The first-order valence-corrected chi connectivity index (χ1v) is 11.6. The molecular formula is C23H16N2O5S3. The number of esters is 1. The Morgan fingerprint density at radius 1 is 1.03 bits per heavy atom. The quantitative estimate of drug-likeness (QED) is 0.232. The predicted molar refractivity (Wildman–Crippen MR) is 131 cm³/mol. The van der Waals surface area contributed by atoms with E-state index in [-0.39, 0.29) is 4.32 Å². The van der Waals surface area contributed by atoms with E-state index in [0.29, 0.717) is 32.4 Å². The Labute approximate surface area is 203 Å². The molecule has 1 aliphatic heterocycles. The minimum Gasteiger partial charge on any atom is -0.497 e. The normalized spacial score (nSPS) is 14.5. The minimum absolute atomic E-state index is 0.237. The molecule has 166 valence electrons. The van der Waals surface area contributed by atoms with Gasteiger partial charge in [-0.3, -0.25) is 15.0 Å².